The van der Waals surface area contributed by atoms with E-state index in [2.05, 4.69) is 20.8 Å². The first-order valence-corrected chi connectivity index (χ1v) is 11.6. The second kappa shape index (κ2) is 13.5. The minimum absolute atomic E-state index is 0.0114. The molecule has 15 heteroatoms. The quantitative estimate of drug-likeness (QED) is 0.404. The van der Waals surface area contributed by atoms with Gasteiger partial charge in [0.25, 0.3) is 0 Å². The number of carbonyl (C=O) groups is 4. The molecule has 0 saturated heterocycles. The summed E-state index contributed by atoms with van der Waals surface area (Å²) in [6, 6.07) is 0. The minimum atomic E-state index is -0.730. The van der Waals surface area contributed by atoms with Gasteiger partial charge in [0.05, 0.1) is 19.4 Å². The lowest BCUT2D eigenvalue weighted by Crippen LogP contribution is -2.33. The lowest BCUT2D eigenvalue weighted by atomic mass is 10.2. The number of ether oxygens (including phenoxy) is 4. The Morgan fingerprint density at radius 2 is 1.30 bits per heavy atom. The molecule has 0 atom stereocenters. The molecule has 0 saturated carbocycles. The van der Waals surface area contributed by atoms with Crippen molar-refractivity contribution in [1.29, 1.82) is 0 Å². The fourth-order valence-corrected chi connectivity index (χ4v) is 2.49. The first-order chi connectivity index (χ1) is 17.1. The summed E-state index contributed by atoms with van der Waals surface area (Å²) in [6.45, 7) is 14.2. The van der Waals surface area contributed by atoms with Crippen molar-refractivity contribution in [3.63, 3.8) is 0 Å². The molecular formula is C22H33ClN6O8. The predicted molar refractivity (Wildman–Crippen MR) is 133 cm³/mol. The molecule has 0 unspecified atom stereocenters. The number of esters is 2. The van der Waals surface area contributed by atoms with E-state index in [1.165, 1.54) is 18.6 Å². The van der Waals surface area contributed by atoms with E-state index in [1.807, 2.05) is 0 Å². The zero-order valence-electron chi connectivity index (χ0n) is 22.1. The van der Waals surface area contributed by atoms with Crippen LogP contribution in [0.15, 0.2) is 18.6 Å². The van der Waals surface area contributed by atoms with E-state index < -0.39 is 35.3 Å². The Bertz CT molecular complexity index is 1080. The third-order valence-corrected chi connectivity index (χ3v) is 3.64. The number of hydrogen-bond donors (Lipinski definition) is 2. The molecule has 0 aliphatic rings. The highest BCUT2D eigenvalue weighted by atomic mass is 35.5. The van der Waals surface area contributed by atoms with Crippen LogP contribution in [0.5, 0.6) is 0 Å². The average Bonchev–Trinajstić information content (AvgIpc) is 3.32. The van der Waals surface area contributed by atoms with Gasteiger partial charge in [0, 0.05) is 12.4 Å². The molecular weight excluding hydrogens is 512 g/mol. The summed E-state index contributed by atoms with van der Waals surface area (Å²) in [5.41, 5.74) is 3.44. The number of aromatic nitrogens is 4. The van der Waals surface area contributed by atoms with Crippen molar-refractivity contribution in [2.45, 2.75) is 66.6 Å². The summed E-state index contributed by atoms with van der Waals surface area (Å²) in [6.07, 6.45) is 2.68. The SMILES string of the molecule is CCOC(=O)c1nc(Cl)cn1NC(=O)OC(C)(C)C.CCOC(=O)c1nccn1NC(=O)OC(C)(C)C. The Balaban J connectivity index is 0.000000371. The summed E-state index contributed by atoms with van der Waals surface area (Å²) in [4.78, 5) is 53.8. The van der Waals surface area contributed by atoms with Gasteiger partial charge in [0.1, 0.15) is 16.4 Å². The van der Waals surface area contributed by atoms with Crippen molar-refractivity contribution in [3.05, 3.63) is 35.4 Å². The Morgan fingerprint density at radius 1 is 0.838 bits per heavy atom. The molecule has 0 radical (unpaired) electrons. The van der Waals surface area contributed by atoms with E-state index in [-0.39, 0.29) is 30.0 Å². The Hall–Kier alpha value is -3.81. The third kappa shape index (κ3) is 11.6. The Kier molecular flexibility index (Phi) is 11.4. The highest BCUT2D eigenvalue weighted by Crippen LogP contribution is 2.11. The molecule has 0 spiro atoms. The van der Waals surface area contributed by atoms with Gasteiger partial charge in [-0.3, -0.25) is 0 Å². The second-order valence-corrected chi connectivity index (χ2v) is 9.43. The van der Waals surface area contributed by atoms with Gasteiger partial charge in [-0.25, -0.2) is 49.3 Å². The van der Waals surface area contributed by atoms with Gasteiger partial charge >= 0.3 is 24.1 Å². The van der Waals surface area contributed by atoms with Gasteiger partial charge in [-0.2, -0.15) is 0 Å². The number of nitrogens with zero attached hydrogens (tertiary/aromatic N) is 4. The van der Waals surface area contributed by atoms with E-state index in [0.29, 0.717) is 0 Å². The van der Waals surface area contributed by atoms with Crippen LogP contribution in [0.25, 0.3) is 0 Å². The first kappa shape index (κ1) is 31.2. The van der Waals surface area contributed by atoms with Crippen LogP contribution in [0.1, 0.15) is 76.6 Å². The fourth-order valence-electron chi connectivity index (χ4n) is 2.32. The summed E-state index contributed by atoms with van der Waals surface area (Å²) < 4.78 is 21.9. The van der Waals surface area contributed by atoms with Crippen molar-refractivity contribution in [1.82, 2.24) is 19.3 Å². The molecule has 206 valence electrons. The van der Waals surface area contributed by atoms with Crippen LogP contribution in [-0.4, -0.2) is 67.9 Å². The van der Waals surface area contributed by atoms with Gasteiger partial charge in [0.2, 0.25) is 11.6 Å². The zero-order valence-corrected chi connectivity index (χ0v) is 22.8. The number of imidazole rings is 2. The topological polar surface area (TPSA) is 165 Å². The zero-order chi connectivity index (χ0) is 28.4. The molecule has 37 heavy (non-hydrogen) atoms. The fraction of sp³-hybridized carbons (Fsp3) is 0.545. The average molecular weight is 545 g/mol. The van der Waals surface area contributed by atoms with Crippen LogP contribution in [0.4, 0.5) is 9.59 Å². The molecule has 2 aromatic heterocycles. The molecule has 2 heterocycles. The maximum Gasteiger partial charge on any atom is 0.427 e. The van der Waals surface area contributed by atoms with Crippen molar-refractivity contribution >= 4 is 35.7 Å². The Labute approximate surface area is 219 Å². The summed E-state index contributed by atoms with van der Waals surface area (Å²) in [7, 11) is 0. The van der Waals surface area contributed by atoms with Crippen LogP contribution in [-0.2, 0) is 18.9 Å². The molecule has 0 aromatic carbocycles. The highest BCUT2D eigenvalue weighted by Gasteiger charge is 2.22. The standard InChI is InChI=1S/C11H16ClN3O4.C11H17N3O4/c1-5-18-9(16)8-13-7(12)6-15(8)14-10(17)19-11(2,3)4;1-5-17-9(15)8-12-6-7-14(8)13-10(16)18-11(2,3)4/h6H,5H2,1-4H3,(H,14,17);6-7H,5H2,1-4H3,(H,13,16). The molecule has 0 aliphatic heterocycles. The predicted octanol–water partition coefficient (Wildman–Crippen LogP) is 3.73. The smallest absolute Gasteiger partial charge is 0.427 e. The first-order valence-electron chi connectivity index (χ1n) is 11.2. The molecule has 14 nitrogen and oxygen atoms in total. The van der Waals surface area contributed by atoms with Crippen molar-refractivity contribution < 1.29 is 38.1 Å². The van der Waals surface area contributed by atoms with Gasteiger partial charge in [-0.05, 0) is 55.4 Å². The summed E-state index contributed by atoms with van der Waals surface area (Å²) in [5.74, 6) is -1.44. The summed E-state index contributed by atoms with van der Waals surface area (Å²) in [5, 5.41) is 0.0547. The van der Waals surface area contributed by atoms with Crippen LogP contribution in [0.2, 0.25) is 5.15 Å². The van der Waals surface area contributed by atoms with Crippen LogP contribution >= 0.6 is 11.6 Å². The van der Waals surface area contributed by atoms with Crippen LogP contribution < -0.4 is 10.9 Å². The molecule has 0 fully saturated rings. The highest BCUT2D eigenvalue weighted by molar-refractivity contribution is 6.29. The van der Waals surface area contributed by atoms with E-state index in [4.69, 9.17) is 30.5 Å². The number of nitrogens with one attached hydrogen (secondary N) is 2. The van der Waals surface area contributed by atoms with Crippen molar-refractivity contribution in [3.8, 4) is 0 Å². The Morgan fingerprint density at radius 3 is 1.76 bits per heavy atom. The van der Waals surface area contributed by atoms with Gasteiger partial charge in [0.15, 0.2) is 0 Å². The number of halogens is 1. The van der Waals surface area contributed by atoms with Crippen LogP contribution in [0.3, 0.4) is 0 Å². The van der Waals surface area contributed by atoms with Crippen molar-refractivity contribution in [2.75, 3.05) is 24.1 Å². The molecule has 2 rings (SSSR count). The minimum Gasteiger partial charge on any atom is -0.460 e. The van der Waals surface area contributed by atoms with Gasteiger partial charge in [-0.1, -0.05) is 11.6 Å². The molecule has 2 amide bonds. The number of amides is 2. The maximum absolute atomic E-state index is 11.6. The third-order valence-electron chi connectivity index (χ3n) is 3.45. The van der Waals surface area contributed by atoms with Gasteiger partial charge < -0.3 is 18.9 Å². The monoisotopic (exact) mass is 544 g/mol. The molecule has 0 bridgehead atoms. The lowest BCUT2D eigenvalue weighted by molar-refractivity contribution is 0.0492. The molecule has 0 aliphatic carbocycles. The molecule has 2 aromatic rings. The number of rotatable bonds is 6. The van der Waals surface area contributed by atoms with E-state index in [9.17, 15) is 19.2 Å². The van der Waals surface area contributed by atoms with Gasteiger partial charge in [-0.15, -0.1) is 0 Å². The van der Waals surface area contributed by atoms with E-state index in [1.54, 1.807) is 55.4 Å². The second-order valence-electron chi connectivity index (χ2n) is 9.05. The molecule has 2 N–H and O–H groups in total. The normalized spacial score (nSPS) is 10.9. The summed E-state index contributed by atoms with van der Waals surface area (Å²) >= 11 is 5.69. The van der Waals surface area contributed by atoms with Crippen LogP contribution in [0, 0.1) is 0 Å². The van der Waals surface area contributed by atoms with E-state index in [0.717, 1.165) is 9.35 Å². The maximum atomic E-state index is 11.6. The van der Waals surface area contributed by atoms with E-state index >= 15 is 0 Å². The number of hydrogen-bond acceptors (Lipinski definition) is 10. The van der Waals surface area contributed by atoms with Crippen molar-refractivity contribution in [2.24, 2.45) is 0 Å². The lowest BCUT2D eigenvalue weighted by Gasteiger charge is -2.20. The number of carbonyl (C=O) groups excluding carboxylic acids is 4. The largest absolute Gasteiger partial charge is 0.460 e.